The first-order valence-corrected chi connectivity index (χ1v) is 6.68. The van der Waals surface area contributed by atoms with Gasteiger partial charge < -0.3 is 4.74 Å². The van der Waals surface area contributed by atoms with E-state index in [-0.39, 0.29) is 5.91 Å². The normalized spacial score (nSPS) is 11.1. The summed E-state index contributed by atoms with van der Waals surface area (Å²) in [6, 6.07) is 14.2. The molecule has 1 N–H and O–H groups in total. The molecule has 0 spiro atoms. The van der Waals surface area contributed by atoms with Crippen molar-refractivity contribution >= 4 is 22.9 Å². The molecule has 0 fully saturated rings. The van der Waals surface area contributed by atoms with E-state index in [0.717, 1.165) is 10.9 Å². The van der Waals surface area contributed by atoms with Crippen molar-refractivity contribution in [1.29, 1.82) is 0 Å². The largest absolute Gasteiger partial charge is 0.381 e. The summed E-state index contributed by atoms with van der Waals surface area (Å²) in [5.74, 6) is -0.143. The van der Waals surface area contributed by atoms with Crippen LogP contribution < -0.4 is 5.43 Å². The second kappa shape index (κ2) is 7.40. The zero-order valence-electron chi connectivity index (χ0n) is 11.5. The van der Waals surface area contributed by atoms with Crippen molar-refractivity contribution in [1.82, 2.24) is 5.43 Å². The summed E-state index contributed by atoms with van der Waals surface area (Å²) >= 11 is 0. The molecule has 4 nitrogen and oxygen atoms in total. The number of rotatable bonds is 6. The molecule has 0 saturated heterocycles. The van der Waals surface area contributed by atoms with Crippen LogP contribution in [0.2, 0.25) is 0 Å². The van der Waals surface area contributed by atoms with Gasteiger partial charge in [-0.05, 0) is 29.3 Å². The highest BCUT2D eigenvalue weighted by molar-refractivity contribution is 5.90. The highest BCUT2D eigenvalue weighted by Crippen LogP contribution is 2.14. The topological polar surface area (TPSA) is 50.7 Å². The monoisotopic (exact) mass is 270 g/mol. The van der Waals surface area contributed by atoms with Crippen molar-refractivity contribution in [2.24, 2.45) is 5.10 Å². The van der Waals surface area contributed by atoms with Gasteiger partial charge in [0.05, 0.1) is 19.2 Å². The lowest BCUT2D eigenvalue weighted by atomic mass is 10.1. The summed E-state index contributed by atoms with van der Waals surface area (Å²) in [6.07, 6.45) is 1.97. The van der Waals surface area contributed by atoms with E-state index in [1.807, 2.05) is 43.3 Å². The molecule has 1 amide bonds. The van der Waals surface area contributed by atoms with Gasteiger partial charge >= 0.3 is 0 Å². The fourth-order valence-electron chi connectivity index (χ4n) is 1.83. The quantitative estimate of drug-likeness (QED) is 0.498. The molecule has 0 radical (unpaired) electrons. The molecule has 20 heavy (non-hydrogen) atoms. The van der Waals surface area contributed by atoms with Crippen molar-refractivity contribution in [3.63, 3.8) is 0 Å². The van der Waals surface area contributed by atoms with E-state index in [1.54, 1.807) is 6.21 Å². The zero-order valence-corrected chi connectivity index (χ0v) is 11.5. The number of hydrazone groups is 1. The van der Waals surface area contributed by atoms with Crippen molar-refractivity contribution in [3.8, 4) is 0 Å². The highest BCUT2D eigenvalue weighted by atomic mass is 16.5. The lowest BCUT2D eigenvalue weighted by molar-refractivity contribution is -0.122. The molecular formula is C16H18N2O2. The minimum atomic E-state index is -0.143. The number of hydrogen-bond acceptors (Lipinski definition) is 3. The summed E-state index contributed by atoms with van der Waals surface area (Å²) in [4.78, 5) is 11.4. The van der Waals surface area contributed by atoms with E-state index in [9.17, 15) is 4.79 Å². The maximum Gasteiger partial charge on any atom is 0.242 e. The molecule has 4 heteroatoms. The Morgan fingerprint density at radius 1 is 1.25 bits per heavy atom. The van der Waals surface area contributed by atoms with E-state index in [4.69, 9.17) is 4.74 Å². The van der Waals surface area contributed by atoms with Crippen LogP contribution in [-0.2, 0) is 9.53 Å². The van der Waals surface area contributed by atoms with Crippen LogP contribution in [-0.4, -0.2) is 25.3 Å². The Morgan fingerprint density at radius 2 is 2.05 bits per heavy atom. The smallest absolute Gasteiger partial charge is 0.242 e. The van der Waals surface area contributed by atoms with Gasteiger partial charge in [-0.15, -0.1) is 0 Å². The Labute approximate surface area is 118 Å². The third kappa shape index (κ3) is 4.17. The van der Waals surface area contributed by atoms with Gasteiger partial charge in [-0.2, -0.15) is 5.10 Å². The van der Waals surface area contributed by atoms with Gasteiger partial charge in [0, 0.05) is 6.61 Å². The Balaban J connectivity index is 1.91. The average molecular weight is 270 g/mol. The molecule has 0 aliphatic carbocycles. The molecule has 0 unspecified atom stereocenters. The fraction of sp³-hybridized carbons (Fsp3) is 0.250. The van der Waals surface area contributed by atoms with E-state index in [2.05, 4.69) is 16.6 Å². The van der Waals surface area contributed by atoms with Crippen LogP contribution in [0.25, 0.3) is 10.8 Å². The van der Waals surface area contributed by atoms with Crippen LogP contribution in [0.5, 0.6) is 0 Å². The number of carbonyl (C=O) groups excluding carboxylic acids is 1. The molecule has 104 valence electrons. The molecule has 2 aromatic carbocycles. The highest BCUT2D eigenvalue weighted by Gasteiger charge is 1.98. The molecule has 0 heterocycles. The minimum Gasteiger partial charge on any atom is -0.381 e. The van der Waals surface area contributed by atoms with E-state index >= 15 is 0 Å². The standard InChI is InChI=1S/C16H18N2O2/c1-2-20-10-9-16(19)18-17-12-13-7-8-14-5-3-4-6-15(14)11-13/h3-8,11-12H,2,9-10H2,1H3,(H,18,19)/b17-12+. The number of fused-ring (bicyclic) bond motifs is 1. The molecule has 0 aliphatic heterocycles. The summed E-state index contributed by atoms with van der Waals surface area (Å²) in [5, 5.41) is 6.28. The van der Waals surface area contributed by atoms with Crippen LogP contribution >= 0.6 is 0 Å². The van der Waals surface area contributed by atoms with Gasteiger partial charge in [0.2, 0.25) is 5.91 Å². The zero-order chi connectivity index (χ0) is 14.2. The number of nitrogens with one attached hydrogen (secondary N) is 1. The molecule has 2 rings (SSSR count). The van der Waals surface area contributed by atoms with Crippen molar-refractivity contribution in [2.75, 3.05) is 13.2 Å². The van der Waals surface area contributed by atoms with E-state index in [0.29, 0.717) is 19.6 Å². The average Bonchev–Trinajstić information content (AvgIpc) is 2.47. The fourth-order valence-corrected chi connectivity index (χ4v) is 1.83. The Hall–Kier alpha value is -2.20. The summed E-state index contributed by atoms with van der Waals surface area (Å²) < 4.78 is 5.10. The van der Waals surface area contributed by atoms with E-state index < -0.39 is 0 Å². The minimum absolute atomic E-state index is 0.143. The lowest BCUT2D eigenvalue weighted by Gasteiger charge is -2.01. The van der Waals surface area contributed by atoms with Crippen molar-refractivity contribution in [3.05, 3.63) is 48.0 Å². The van der Waals surface area contributed by atoms with Crippen LogP contribution in [0.3, 0.4) is 0 Å². The van der Waals surface area contributed by atoms with Gasteiger partial charge in [0.15, 0.2) is 0 Å². The van der Waals surface area contributed by atoms with Crippen LogP contribution in [0.1, 0.15) is 18.9 Å². The van der Waals surface area contributed by atoms with Gasteiger partial charge in [-0.1, -0.05) is 36.4 Å². The van der Waals surface area contributed by atoms with Crippen molar-refractivity contribution in [2.45, 2.75) is 13.3 Å². The number of hydrogen-bond donors (Lipinski definition) is 1. The third-order valence-electron chi connectivity index (χ3n) is 2.85. The number of ether oxygens (including phenoxy) is 1. The Bertz CT molecular complexity index is 608. The summed E-state index contributed by atoms with van der Waals surface area (Å²) in [7, 11) is 0. The number of nitrogens with zero attached hydrogens (tertiary/aromatic N) is 1. The molecule has 0 bridgehead atoms. The predicted octanol–water partition coefficient (Wildman–Crippen LogP) is 2.72. The Kier molecular flexibility index (Phi) is 5.26. The molecule has 2 aromatic rings. The van der Waals surface area contributed by atoms with Gasteiger partial charge in [0.25, 0.3) is 0 Å². The van der Waals surface area contributed by atoms with Crippen LogP contribution in [0.4, 0.5) is 0 Å². The van der Waals surface area contributed by atoms with Gasteiger partial charge in [-0.3, -0.25) is 4.79 Å². The van der Waals surface area contributed by atoms with Crippen LogP contribution in [0.15, 0.2) is 47.6 Å². The molecule has 0 saturated carbocycles. The Morgan fingerprint density at radius 3 is 2.85 bits per heavy atom. The molecule has 0 aromatic heterocycles. The summed E-state index contributed by atoms with van der Waals surface area (Å²) in [6.45, 7) is 2.94. The maximum atomic E-state index is 11.4. The second-order valence-corrected chi connectivity index (χ2v) is 4.35. The second-order valence-electron chi connectivity index (χ2n) is 4.35. The first-order valence-electron chi connectivity index (χ1n) is 6.68. The first kappa shape index (κ1) is 14.2. The number of benzene rings is 2. The predicted molar refractivity (Wildman–Crippen MR) is 80.8 cm³/mol. The van der Waals surface area contributed by atoms with Gasteiger partial charge in [-0.25, -0.2) is 5.43 Å². The lowest BCUT2D eigenvalue weighted by Crippen LogP contribution is -2.19. The molecule has 0 aliphatic rings. The van der Waals surface area contributed by atoms with Crippen LogP contribution in [0, 0.1) is 0 Å². The van der Waals surface area contributed by atoms with Gasteiger partial charge in [0.1, 0.15) is 0 Å². The van der Waals surface area contributed by atoms with Crippen molar-refractivity contribution < 1.29 is 9.53 Å². The molecular weight excluding hydrogens is 252 g/mol. The molecule has 0 atom stereocenters. The maximum absolute atomic E-state index is 11.4. The van der Waals surface area contributed by atoms with E-state index in [1.165, 1.54) is 5.39 Å². The summed E-state index contributed by atoms with van der Waals surface area (Å²) in [5.41, 5.74) is 3.44. The SMILES string of the molecule is CCOCCC(=O)N/N=C/c1ccc2ccccc2c1. The number of amides is 1. The number of carbonyl (C=O) groups is 1. The first-order chi connectivity index (χ1) is 9.79. The third-order valence-corrected chi connectivity index (χ3v) is 2.85.